The van der Waals surface area contributed by atoms with Crippen LogP contribution in [0.2, 0.25) is 0 Å². The molecule has 0 unspecified atom stereocenters. The highest BCUT2D eigenvalue weighted by molar-refractivity contribution is 5.85. The van der Waals surface area contributed by atoms with Crippen LogP contribution < -0.4 is 15.4 Å². The number of hydrogen-bond donors (Lipinski definition) is 2. The number of aryl methyl sites for hydroxylation is 1. The van der Waals surface area contributed by atoms with Crippen molar-refractivity contribution in [2.75, 3.05) is 13.2 Å². The number of aromatic nitrogens is 2. The van der Waals surface area contributed by atoms with E-state index in [2.05, 4.69) is 63.2 Å². The van der Waals surface area contributed by atoms with Crippen LogP contribution in [0.15, 0.2) is 47.0 Å². The molecule has 3 heterocycles. The van der Waals surface area contributed by atoms with Gasteiger partial charge >= 0.3 is 0 Å². The lowest BCUT2D eigenvalue weighted by Gasteiger charge is -2.34. The van der Waals surface area contributed by atoms with E-state index < -0.39 is 0 Å². The molecule has 1 aromatic heterocycles. The molecule has 7 heteroatoms. The maximum Gasteiger partial charge on any atom is 0.223 e. The zero-order valence-corrected chi connectivity index (χ0v) is 17.9. The summed E-state index contributed by atoms with van der Waals surface area (Å²) in [7, 11) is 0. The molecular formula is C23H27ClN4O2. The Morgan fingerprint density at radius 1 is 1.20 bits per heavy atom. The summed E-state index contributed by atoms with van der Waals surface area (Å²) in [4.78, 5) is 4.40. The second-order valence-electron chi connectivity index (χ2n) is 7.83. The fourth-order valence-electron chi connectivity index (χ4n) is 4.43. The van der Waals surface area contributed by atoms with Crippen LogP contribution in [-0.2, 0) is 13.0 Å². The van der Waals surface area contributed by atoms with Gasteiger partial charge in [-0.25, -0.2) is 0 Å². The number of fused-ring (bicyclic) bond motifs is 1. The van der Waals surface area contributed by atoms with Crippen molar-refractivity contribution in [2.45, 2.75) is 44.8 Å². The second kappa shape index (κ2) is 9.16. The second-order valence-corrected chi connectivity index (χ2v) is 7.83. The number of benzene rings is 2. The fraction of sp³-hybridized carbons (Fsp3) is 0.391. The molecule has 0 bridgehead atoms. The summed E-state index contributed by atoms with van der Waals surface area (Å²) >= 11 is 0. The first-order valence-corrected chi connectivity index (χ1v) is 10.4. The molecule has 0 amide bonds. The van der Waals surface area contributed by atoms with Gasteiger partial charge < -0.3 is 19.9 Å². The highest BCUT2D eigenvalue weighted by Crippen LogP contribution is 2.34. The third-order valence-electron chi connectivity index (χ3n) is 5.82. The van der Waals surface area contributed by atoms with Crippen molar-refractivity contribution >= 4 is 12.4 Å². The van der Waals surface area contributed by atoms with Gasteiger partial charge in [0.05, 0.1) is 6.61 Å². The summed E-state index contributed by atoms with van der Waals surface area (Å²) < 4.78 is 11.1. The summed E-state index contributed by atoms with van der Waals surface area (Å²) in [6.45, 7) is 4.36. The van der Waals surface area contributed by atoms with Crippen LogP contribution in [0.5, 0.6) is 5.75 Å². The van der Waals surface area contributed by atoms with Gasteiger partial charge in [0.2, 0.25) is 11.7 Å². The van der Waals surface area contributed by atoms with Gasteiger partial charge in [0.25, 0.3) is 0 Å². The first-order valence-electron chi connectivity index (χ1n) is 10.4. The molecule has 2 atom stereocenters. The van der Waals surface area contributed by atoms with Crippen LogP contribution in [0, 0.1) is 6.92 Å². The van der Waals surface area contributed by atoms with E-state index in [0.29, 0.717) is 23.8 Å². The molecule has 158 valence electrons. The number of nitrogens with one attached hydrogen (secondary N) is 2. The first-order chi connectivity index (χ1) is 14.3. The Bertz CT molecular complexity index is 992. The van der Waals surface area contributed by atoms with E-state index >= 15 is 0 Å². The minimum Gasteiger partial charge on any atom is -0.493 e. The number of ether oxygens (including phenoxy) is 1. The van der Waals surface area contributed by atoms with Crippen molar-refractivity contribution in [1.29, 1.82) is 0 Å². The van der Waals surface area contributed by atoms with Crippen molar-refractivity contribution < 1.29 is 9.26 Å². The summed E-state index contributed by atoms with van der Waals surface area (Å²) in [5, 5.41) is 11.6. The lowest BCUT2D eigenvalue weighted by molar-refractivity contribution is 0.301. The van der Waals surface area contributed by atoms with Crippen molar-refractivity contribution in [3.8, 4) is 17.1 Å². The largest absolute Gasteiger partial charge is 0.493 e. The maximum absolute atomic E-state index is 5.96. The molecule has 2 N–H and O–H groups in total. The minimum atomic E-state index is 0. The molecule has 1 saturated heterocycles. The molecule has 0 aliphatic carbocycles. The Balaban J connectivity index is 0.00000218. The van der Waals surface area contributed by atoms with E-state index in [1.54, 1.807) is 0 Å². The number of piperidine rings is 1. The van der Waals surface area contributed by atoms with Crippen molar-refractivity contribution in [3.05, 3.63) is 65.0 Å². The van der Waals surface area contributed by atoms with Crippen LogP contribution in [0.3, 0.4) is 0 Å². The number of halogens is 1. The average molecular weight is 427 g/mol. The molecule has 2 aliphatic heterocycles. The third-order valence-corrected chi connectivity index (χ3v) is 5.82. The highest BCUT2D eigenvalue weighted by atomic mass is 35.5. The summed E-state index contributed by atoms with van der Waals surface area (Å²) in [5.41, 5.74) is 4.71. The van der Waals surface area contributed by atoms with Gasteiger partial charge in [-0.2, -0.15) is 4.98 Å². The molecule has 2 aromatic carbocycles. The molecule has 30 heavy (non-hydrogen) atoms. The SMILES string of the molecule is Cc1nc(-c2cc3c(c(CN[C@H]4CCCN[C@H]4c4ccccc4)c2)OCC3)no1.Cl. The third kappa shape index (κ3) is 4.21. The van der Waals surface area contributed by atoms with Crippen LogP contribution in [0.4, 0.5) is 0 Å². The monoisotopic (exact) mass is 426 g/mol. The fourth-order valence-corrected chi connectivity index (χ4v) is 4.43. The standard InChI is InChI=1S/C23H26N4O2.ClH/c1-15-26-23(27-29-15)18-12-17-9-11-28-22(17)19(13-18)14-25-20-8-5-10-24-21(20)16-6-3-2-4-7-16;/h2-4,6-7,12-13,20-21,24-25H,5,8-11,14H2,1H3;1H/t20-,21-;/m0./s1. The van der Waals surface area contributed by atoms with Gasteiger partial charge in [0.15, 0.2) is 0 Å². The zero-order valence-electron chi connectivity index (χ0n) is 17.1. The van der Waals surface area contributed by atoms with Gasteiger partial charge in [0, 0.05) is 43.1 Å². The Kier molecular flexibility index (Phi) is 6.37. The van der Waals surface area contributed by atoms with Crippen molar-refractivity contribution in [2.24, 2.45) is 0 Å². The Morgan fingerprint density at radius 3 is 2.87 bits per heavy atom. The van der Waals surface area contributed by atoms with Gasteiger partial charge in [-0.1, -0.05) is 35.5 Å². The molecular weight excluding hydrogens is 400 g/mol. The molecule has 3 aromatic rings. The van der Waals surface area contributed by atoms with Crippen molar-refractivity contribution in [3.63, 3.8) is 0 Å². The molecule has 6 nitrogen and oxygen atoms in total. The van der Waals surface area contributed by atoms with Crippen LogP contribution in [-0.4, -0.2) is 29.3 Å². The van der Waals surface area contributed by atoms with E-state index in [9.17, 15) is 0 Å². The Morgan fingerprint density at radius 2 is 2.07 bits per heavy atom. The van der Waals surface area contributed by atoms with E-state index in [1.165, 1.54) is 17.5 Å². The minimum absolute atomic E-state index is 0. The molecule has 2 aliphatic rings. The van der Waals surface area contributed by atoms with E-state index in [0.717, 1.165) is 49.4 Å². The molecule has 5 rings (SSSR count). The average Bonchev–Trinajstić information content (AvgIpc) is 3.41. The normalized spacial score (nSPS) is 20.3. The van der Waals surface area contributed by atoms with Gasteiger partial charge in [-0.05, 0) is 42.6 Å². The number of nitrogens with zero attached hydrogens (tertiary/aromatic N) is 2. The first kappa shape index (κ1) is 20.8. The van der Waals surface area contributed by atoms with Crippen LogP contribution in [0.1, 0.15) is 41.5 Å². The lowest BCUT2D eigenvalue weighted by Crippen LogP contribution is -2.45. The van der Waals surface area contributed by atoms with Gasteiger partial charge in [0.1, 0.15) is 5.75 Å². The summed E-state index contributed by atoms with van der Waals surface area (Å²) in [6, 6.07) is 15.7. The lowest BCUT2D eigenvalue weighted by atomic mass is 9.92. The van der Waals surface area contributed by atoms with Crippen molar-refractivity contribution in [1.82, 2.24) is 20.8 Å². The quantitative estimate of drug-likeness (QED) is 0.642. The predicted molar refractivity (Wildman–Crippen MR) is 118 cm³/mol. The number of hydrogen-bond acceptors (Lipinski definition) is 6. The van der Waals surface area contributed by atoms with Crippen LogP contribution in [0.25, 0.3) is 11.4 Å². The number of rotatable bonds is 5. The van der Waals surface area contributed by atoms with E-state index in [-0.39, 0.29) is 12.4 Å². The van der Waals surface area contributed by atoms with E-state index in [4.69, 9.17) is 9.26 Å². The highest BCUT2D eigenvalue weighted by Gasteiger charge is 2.27. The maximum atomic E-state index is 5.96. The Labute approximate surface area is 182 Å². The van der Waals surface area contributed by atoms with Crippen LogP contribution >= 0.6 is 12.4 Å². The smallest absolute Gasteiger partial charge is 0.223 e. The topological polar surface area (TPSA) is 72.2 Å². The molecule has 0 radical (unpaired) electrons. The summed E-state index contributed by atoms with van der Waals surface area (Å²) in [5.74, 6) is 2.23. The molecule has 0 saturated carbocycles. The van der Waals surface area contributed by atoms with E-state index in [1.807, 2.05) is 6.92 Å². The van der Waals surface area contributed by atoms with Gasteiger partial charge in [-0.15, -0.1) is 12.4 Å². The zero-order chi connectivity index (χ0) is 19.6. The summed E-state index contributed by atoms with van der Waals surface area (Å²) in [6.07, 6.45) is 3.25. The Hall–Kier alpha value is -2.41. The van der Waals surface area contributed by atoms with Gasteiger partial charge in [-0.3, -0.25) is 0 Å². The molecule has 1 fully saturated rings. The molecule has 0 spiro atoms. The predicted octanol–water partition coefficient (Wildman–Crippen LogP) is 3.98.